The van der Waals surface area contributed by atoms with E-state index in [4.69, 9.17) is 36.8 Å². The fourth-order valence-electron chi connectivity index (χ4n) is 5.27. The van der Waals surface area contributed by atoms with Crippen molar-refractivity contribution in [2.75, 3.05) is 25.4 Å². The average molecular weight is 536 g/mol. The Morgan fingerprint density at radius 2 is 1.89 bits per heavy atom. The minimum Gasteiger partial charge on any atom is -0.473 e. The first-order chi connectivity index (χ1) is 18.5. The van der Waals surface area contributed by atoms with Gasteiger partial charge in [-0.3, -0.25) is 4.90 Å². The summed E-state index contributed by atoms with van der Waals surface area (Å²) in [5.74, 6) is 1.54. The standard InChI is InChI=1S/C29H31ClFN5O2/c30-21-5-4-20(24(31)14-21)18-38-29-3-1-2-25(34-29)19-8-11-35(12-9-19)17-28-33-26-15-22(32)6-7-27(26)36(28)16-23-10-13-37-23/h1-7,14-15,19,23H,8-13,16-18,32H2. The van der Waals surface area contributed by atoms with Crippen LogP contribution in [-0.4, -0.2) is 45.2 Å². The van der Waals surface area contributed by atoms with Crippen molar-refractivity contribution in [2.24, 2.45) is 0 Å². The van der Waals surface area contributed by atoms with Crippen molar-refractivity contribution in [2.45, 2.75) is 51.0 Å². The van der Waals surface area contributed by atoms with Crippen LogP contribution in [0.3, 0.4) is 0 Å². The lowest BCUT2D eigenvalue weighted by Crippen LogP contribution is -2.35. The predicted molar refractivity (Wildman–Crippen MR) is 146 cm³/mol. The molecule has 2 aromatic heterocycles. The van der Waals surface area contributed by atoms with Gasteiger partial charge in [0.05, 0.1) is 30.2 Å². The van der Waals surface area contributed by atoms with Crippen LogP contribution >= 0.6 is 11.6 Å². The molecular formula is C29H31ClFN5O2. The van der Waals surface area contributed by atoms with Crippen molar-refractivity contribution in [3.63, 3.8) is 0 Å². The normalized spacial score (nSPS) is 18.5. The molecule has 0 bridgehead atoms. The van der Waals surface area contributed by atoms with E-state index in [1.54, 1.807) is 12.1 Å². The van der Waals surface area contributed by atoms with Crippen molar-refractivity contribution in [3.8, 4) is 5.88 Å². The molecule has 2 fully saturated rings. The summed E-state index contributed by atoms with van der Waals surface area (Å²) < 4.78 is 27.9. The van der Waals surface area contributed by atoms with Crippen molar-refractivity contribution >= 4 is 28.3 Å². The van der Waals surface area contributed by atoms with Crippen LogP contribution in [0, 0.1) is 5.82 Å². The highest BCUT2D eigenvalue weighted by Gasteiger charge is 2.26. The zero-order valence-corrected chi connectivity index (χ0v) is 21.9. The molecule has 2 aliphatic rings. The lowest BCUT2D eigenvalue weighted by molar-refractivity contribution is -0.0592. The number of ether oxygens (including phenoxy) is 2. The number of anilines is 1. The predicted octanol–water partition coefficient (Wildman–Crippen LogP) is 5.55. The van der Waals surface area contributed by atoms with E-state index in [1.807, 2.05) is 24.3 Å². The van der Waals surface area contributed by atoms with Gasteiger partial charge >= 0.3 is 0 Å². The molecule has 2 N–H and O–H groups in total. The van der Waals surface area contributed by atoms with Gasteiger partial charge in [0, 0.05) is 40.6 Å². The molecule has 4 aromatic rings. The summed E-state index contributed by atoms with van der Waals surface area (Å²) in [6.07, 6.45) is 3.35. The Balaban J connectivity index is 1.09. The van der Waals surface area contributed by atoms with E-state index in [0.717, 1.165) is 80.3 Å². The van der Waals surface area contributed by atoms with Crippen LogP contribution in [0.25, 0.3) is 11.0 Å². The van der Waals surface area contributed by atoms with Gasteiger partial charge < -0.3 is 19.8 Å². The molecule has 9 heteroatoms. The highest BCUT2D eigenvalue weighted by molar-refractivity contribution is 6.30. The molecule has 0 spiro atoms. The van der Waals surface area contributed by atoms with Crippen LogP contribution in [0.15, 0.2) is 54.6 Å². The molecule has 1 unspecified atom stereocenters. The van der Waals surface area contributed by atoms with E-state index in [-0.39, 0.29) is 18.5 Å². The number of likely N-dealkylation sites (tertiary alicyclic amines) is 1. The number of piperidine rings is 1. The Bertz CT molecular complexity index is 1430. The van der Waals surface area contributed by atoms with Gasteiger partial charge in [-0.25, -0.2) is 14.4 Å². The van der Waals surface area contributed by atoms with Gasteiger partial charge in [-0.15, -0.1) is 0 Å². The quantitative estimate of drug-likeness (QED) is 0.298. The number of fused-ring (bicyclic) bond motifs is 1. The second-order valence-corrected chi connectivity index (χ2v) is 10.6. The summed E-state index contributed by atoms with van der Waals surface area (Å²) in [5.41, 5.74) is 10.3. The number of rotatable bonds is 8. The van der Waals surface area contributed by atoms with Gasteiger partial charge in [-0.05, 0) is 68.8 Å². The van der Waals surface area contributed by atoms with Crippen LogP contribution in [0.5, 0.6) is 5.88 Å². The molecule has 198 valence electrons. The maximum absolute atomic E-state index is 14.1. The van der Waals surface area contributed by atoms with Crippen molar-refractivity contribution in [3.05, 3.63) is 82.5 Å². The molecule has 6 rings (SSSR count). The molecule has 1 atom stereocenters. The number of hydrogen-bond donors (Lipinski definition) is 1. The van der Waals surface area contributed by atoms with Crippen LogP contribution in [0.1, 0.15) is 42.3 Å². The van der Waals surface area contributed by atoms with Gasteiger partial charge in [0.2, 0.25) is 5.88 Å². The topological polar surface area (TPSA) is 78.4 Å². The molecular weight excluding hydrogens is 505 g/mol. The Kier molecular flexibility index (Phi) is 7.19. The van der Waals surface area contributed by atoms with E-state index < -0.39 is 0 Å². The Morgan fingerprint density at radius 3 is 2.66 bits per heavy atom. The molecule has 7 nitrogen and oxygen atoms in total. The van der Waals surface area contributed by atoms with E-state index in [1.165, 1.54) is 6.07 Å². The number of nitrogen functional groups attached to an aromatic ring is 1. The molecule has 2 aliphatic heterocycles. The number of nitrogens with zero attached hydrogens (tertiary/aromatic N) is 4. The first-order valence-electron chi connectivity index (χ1n) is 13.1. The van der Waals surface area contributed by atoms with Crippen molar-refractivity contribution in [1.82, 2.24) is 19.4 Å². The van der Waals surface area contributed by atoms with Gasteiger partial charge in [0.1, 0.15) is 18.2 Å². The molecule has 0 aliphatic carbocycles. The Hall–Kier alpha value is -3.20. The monoisotopic (exact) mass is 535 g/mol. The maximum atomic E-state index is 14.1. The first kappa shape index (κ1) is 25.1. The number of imidazole rings is 1. The molecule has 2 aromatic carbocycles. The molecule has 38 heavy (non-hydrogen) atoms. The zero-order chi connectivity index (χ0) is 26.1. The summed E-state index contributed by atoms with van der Waals surface area (Å²) in [7, 11) is 0. The number of halogens is 2. The van der Waals surface area contributed by atoms with Crippen LogP contribution in [-0.2, 0) is 24.4 Å². The summed E-state index contributed by atoms with van der Waals surface area (Å²) in [6.45, 7) is 4.47. The van der Waals surface area contributed by atoms with Gasteiger partial charge in [-0.2, -0.15) is 0 Å². The largest absolute Gasteiger partial charge is 0.473 e. The third-order valence-electron chi connectivity index (χ3n) is 7.54. The lowest BCUT2D eigenvalue weighted by atomic mass is 9.93. The Labute approximate surface area is 226 Å². The number of benzene rings is 2. The average Bonchev–Trinajstić information content (AvgIpc) is 3.22. The Morgan fingerprint density at radius 1 is 1.05 bits per heavy atom. The minimum absolute atomic E-state index is 0.108. The molecule has 0 radical (unpaired) electrons. The SMILES string of the molecule is Nc1ccc2c(c1)nc(CN1CCC(c3cccc(OCc4ccc(Cl)cc4F)n3)CC1)n2CC1CCO1. The van der Waals surface area contributed by atoms with Crippen molar-refractivity contribution in [1.29, 1.82) is 0 Å². The summed E-state index contributed by atoms with van der Waals surface area (Å²) >= 11 is 5.85. The minimum atomic E-state index is -0.377. The van der Waals surface area contributed by atoms with Crippen LogP contribution in [0.2, 0.25) is 5.02 Å². The number of nitrogens with two attached hydrogens (primary N) is 1. The maximum Gasteiger partial charge on any atom is 0.213 e. The molecule has 2 saturated heterocycles. The third kappa shape index (κ3) is 5.48. The molecule has 4 heterocycles. The second-order valence-electron chi connectivity index (χ2n) is 10.1. The lowest BCUT2D eigenvalue weighted by Gasteiger charge is -2.32. The highest BCUT2D eigenvalue weighted by Crippen LogP contribution is 2.30. The summed E-state index contributed by atoms with van der Waals surface area (Å²) in [5, 5.41) is 0.368. The fourth-order valence-corrected chi connectivity index (χ4v) is 5.43. The summed E-state index contributed by atoms with van der Waals surface area (Å²) in [4.78, 5) is 12.1. The number of pyridine rings is 1. The zero-order valence-electron chi connectivity index (χ0n) is 21.2. The smallest absolute Gasteiger partial charge is 0.213 e. The van der Waals surface area contributed by atoms with Crippen molar-refractivity contribution < 1.29 is 13.9 Å². The van der Waals surface area contributed by atoms with Gasteiger partial charge in [-0.1, -0.05) is 23.7 Å². The highest BCUT2D eigenvalue weighted by atomic mass is 35.5. The van der Waals surface area contributed by atoms with Gasteiger partial charge in [0.25, 0.3) is 0 Å². The number of hydrogen-bond acceptors (Lipinski definition) is 6. The van der Waals surface area contributed by atoms with Crippen LogP contribution < -0.4 is 10.5 Å². The van der Waals surface area contributed by atoms with Gasteiger partial charge in [0.15, 0.2) is 0 Å². The molecule has 0 saturated carbocycles. The summed E-state index contributed by atoms with van der Waals surface area (Å²) in [6, 6.07) is 16.4. The van der Waals surface area contributed by atoms with E-state index >= 15 is 0 Å². The van der Waals surface area contributed by atoms with E-state index in [2.05, 4.69) is 21.6 Å². The fraction of sp³-hybridized carbons (Fsp3) is 0.379. The van der Waals surface area contributed by atoms with E-state index in [9.17, 15) is 4.39 Å². The van der Waals surface area contributed by atoms with E-state index in [0.29, 0.717) is 22.4 Å². The second kappa shape index (κ2) is 10.9. The van der Waals surface area contributed by atoms with Crippen LogP contribution in [0.4, 0.5) is 10.1 Å². The molecule has 0 amide bonds. The first-order valence-corrected chi connectivity index (χ1v) is 13.5. The third-order valence-corrected chi connectivity index (χ3v) is 7.77. The number of aromatic nitrogens is 3.